The first kappa shape index (κ1) is 12.6. The van der Waals surface area contributed by atoms with Crippen LogP contribution in [0.5, 0.6) is 0 Å². The van der Waals surface area contributed by atoms with E-state index in [0.717, 1.165) is 25.6 Å². The normalized spacial score (nSPS) is 18.2. The van der Waals surface area contributed by atoms with E-state index in [1.165, 1.54) is 44.3 Å². The summed E-state index contributed by atoms with van der Waals surface area (Å²) >= 11 is 0. The molecule has 1 aliphatic carbocycles. The molecule has 1 saturated carbocycles. The van der Waals surface area contributed by atoms with Crippen LogP contribution in [0.4, 0.5) is 0 Å². The zero-order valence-corrected chi connectivity index (χ0v) is 11.0. The molecule has 0 amide bonds. The monoisotopic (exact) mass is 235 g/mol. The van der Waals surface area contributed by atoms with Crippen molar-refractivity contribution in [3.8, 4) is 0 Å². The Morgan fingerprint density at radius 3 is 2.76 bits per heavy atom. The van der Waals surface area contributed by atoms with Crippen molar-refractivity contribution in [2.75, 3.05) is 6.54 Å². The number of hydrogen-bond donors (Lipinski definition) is 1. The molecule has 1 fully saturated rings. The number of hydrogen-bond acceptors (Lipinski definition) is 2. The molecule has 1 heterocycles. The molecule has 17 heavy (non-hydrogen) atoms. The highest BCUT2D eigenvalue weighted by molar-refractivity contribution is 4.91. The van der Waals surface area contributed by atoms with Gasteiger partial charge in [0.1, 0.15) is 5.82 Å². The zero-order chi connectivity index (χ0) is 11.9. The maximum atomic E-state index is 4.35. The van der Waals surface area contributed by atoms with Gasteiger partial charge in [0.15, 0.2) is 0 Å². The number of rotatable bonds is 5. The van der Waals surface area contributed by atoms with Crippen LogP contribution in [-0.2, 0) is 13.0 Å². The zero-order valence-electron chi connectivity index (χ0n) is 11.0. The predicted octanol–water partition coefficient (Wildman–Crippen LogP) is 2.76. The fourth-order valence-electron chi connectivity index (χ4n) is 2.73. The lowest BCUT2D eigenvalue weighted by Crippen LogP contribution is -2.31. The van der Waals surface area contributed by atoms with E-state index < -0.39 is 0 Å². The molecule has 1 aliphatic rings. The Morgan fingerprint density at radius 1 is 1.29 bits per heavy atom. The van der Waals surface area contributed by atoms with E-state index >= 15 is 0 Å². The number of aromatic nitrogens is 2. The Morgan fingerprint density at radius 2 is 2.06 bits per heavy atom. The van der Waals surface area contributed by atoms with Gasteiger partial charge in [-0.2, -0.15) is 0 Å². The molecule has 96 valence electrons. The fraction of sp³-hybridized carbons (Fsp3) is 0.786. The van der Waals surface area contributed by atoms with Crippen molar-refractivity contribution in [1.29, 1.82) is 0 Å². The first-order valence-electron chi connectivity index (χ1n) is 7.13. The quantitative estimate of drug-likeness (QED) is 0.795. The maximum Gasteiger partial charge on any atom is 0.108 e. The molecule has 0 atom stereocenters. The summed E-state index contributed by atoms with van der Waals surface area (Å²) in [5.74, 6) is 1.20. The van der Waals surface area contributed by atoms with Crippen LogP contribution in [0.3, 0.4) is 0 Å². The van der Waals surface area contributed by atoms with Gasteiger partial charge in [0, 0.05) is 37.9 Å². The summed E-state index contributed by atoms with van der Waals surface area (Å²) < 4.78 is 2.27. The minimum atomic E-state index is 0.756. The van der Waals surface area contributed by atoms with Gasteiger partial charge >= 0.3 is 0 Å². The van der Waals surface area contributed by atoms with Crippen molar-refractivity contribution >= 4 is 0 Å². The third kappa shape index (κ3) is 3.84. The van der Waals surface area contributed by atoms with Gasteiger partial charge in [-0.15, -0.1) is 0 Å². The predicted molar refractivity (Wildman–Crippen MR) is 71.1 cm³/mol. The molecule has 0 unspecified atom stereocenters. The van der Waals surface area contributed by atoms with Crippen LogP contribution < -0.4 is 5.32 Å². The van der Waals surface area contributed by atoms with Crippen LogP contribution >= 0.6 is 0 Å². The topological polar surface area (TPSA) is 29.9 Å². The van der Waals surface area contributed by atoms with Crippen molar-refractivity contribution < 1.29 is 0 Å². The molecule has 0 bridgehead atoms. The van der Waals surface area contributed by atoms with Gasteiger partial charge in [-0.05, 0) is 12.8 Å². The molecule has 1 aromatic rings. The highest BCUT2D eigenvalue weighted by Crippen LogP contribution is 2.16. The molecular formula is C14H25N3. The van der Waals surface area contributed by atoms with E-state index in [9.17, 15) is 0 Å². The molecule has 0 aromatic carbocycles. The number of nitrogens with one attached hydrogen (secondary N) is 1. The Hall–Kier alpha value is -0.830. The minimum absolute atomic E-state index is 0.756. The minimum Gasteiger partial charge on any atom is -0.334 e. The Labute approximate surface area is 105 Å². The highest BCUT2D eigenvalue weighted by atomic mass is 15.1. The van der Waals surface area contributed by atoms with Crippen LogP contribution in [0.2, 0.25) is 0 Å². The second-order valence-electron chi connectivity index (χ2n) is 5.03. The van der Waals surface area contributed by atoms with E-state index in [1.54, 1.807) is 0 Å². The summed E-state index contributed by atoms with van der Waals surface area (Å²) in [6, 6.07) is 0.756. The van der Waals surface area contributed by atoms with Crippen LogP contribution in [0, 0.1) is 0 Å². The molecule has 0 aliphatic heterocycles. The van der Waals surface area contributed by atoms with Crippen LogP contribution in [0.1, 0.15) is 51.3 Å². The molecule has 1 aromatic heterocycles. The second-order valence-corrected chi connectivity index (χ2v) is 5.03. The summed E-state index contributed by atoms with van der Waals surface area (Å²) in [6.45, 7) is 4.30. The Balaban J connectivity index is 1.71. The largest absolute Gasteiger partial charge is 0.334 e. The molecule has 0 saturated heterocycles. The first-order valence-corrected chi connectivity index (χ1v) is 7.13. The lowest BCUT2D eigenvalue weighted by Gasteiger charge is -2.16. The molecular weight excluding hydrogens is 210 g/mol. The van der Waals surface area contributed by atoms with Crippen molar-refractivity contribution in [3.63, 3.8) is 0 Å². The molecule has 3 nitrogen and oxygen atoms in total. The highest BCUT2D eigenvalue weighted by Gasteiger charge is 2.11. The van der Waals surface area contributed by atoms with Crippen molar-refractivity contribution in [2.24, 2.45) is 0 Å². The molecule has 0 spiro atoms. The van der Waals surface area contributed by atoms with Crippen LogP contribution in [-0.4, -0.2) is 22.1 Å². The maximum absolute atomic E-state index is 4.35. The summed E-state index contributed by atoms with van der Waals surface area (Å²) in [7, 11) is 0. The molecule has 1 N–H and O–H groups in total. The Bertz CT molecular complexity index is 311. The van der Waals surface area contributed by atoms with Gasteiger partial charge in [0.25, 0.3) is 0 Å². The fourth-order valence-corrected chi connectivity index (χ4v) is 2.73. The SMILES string of the molecule is CCc1nccn1CCNC1CCCCCC1. The van der Waals surface area contributed by atoms with Crippen LogP contribution in [0.25, 0.3) is 0 Å². The van der Waals surface area contributed by atoms with Gasteiger partial charge in [0.05, 0.1) is 0 Å². The van der Waals surface area contributed by atoms with Gasteiger partial charge in [-0.1, -0.05) is 32.6 Å². The molecule has 2 rings (SSSR count). The first-order chi connectivity index (χ1) is 8.40. The van der Waals surface area contributed by atoms with E-state index in [4.69, 9.17) is 0 Å². The van der Waals surface area contributed by atoms with Crippen molar-refractivity contribution in [3.05, 3.63) is 18.2 Å². The average Bonchev–Trinajstić information content (AvgIpc) is 2.64. The molecule has 3 heteroatoms. The summed E-state index contributed by atoms with van der Waals surface area (Å²) in [5, 5.41) is 3.70. The van der Waals surface area contributed by atoms with E-state index in [-0.39, 0.29) is 0 Å². The number of nitrogens with zero attached hydrogens (tertiary/aromatic N) is 2. The smallest absolute Gasteiger partial charge is 0.108 e. The lowest BCUT2D eigenvalue weighted by atomic mass is 10.1. The number of imidazole rings is 1. The van der Waals surface area contributed by atoms with Gasteiger partial charge in [-0.25, -0.2) is 4.98 Å². The number of aryl methyl sites for hydroxylation is 1. The standard InChI is InChI=1S/C14H25N3/c1-2-14-16-10-12-17(14)11-9-15-13-7-5-3-4-6-8-13/h10,12-13,15H,2-9,11H2,1H3. The molecule has 0 radical (unpaired) electrons. The van der Waals surface area contributed by atoms with Crippen molar-refractivity contribution in [1.82, 2.24) is 14.9 Å². The Kier molecular flexibility index (Phi) is 5.05. The van der Waals surface area contributed by atoms with Gasteiger partial charge in [0.2, 0.25) is 0 Å². The summed E-state index contributed by atoms with van der Waals surface area (Å²) in [4.78, 5) is 4.35. The van der Waals surface area contributed by atoms with Crippen molar-refractivity contribution in [2.45, 2.75) is 64.5 Å². The van der Waals surface area contributed by atoms with Gasteiger partial charge < -0.3 is 9.88 Å². The third-order valence-corrected chi connectivity index (χ3v) is 3.76. The lowest BCUT2D eigenvalue weighted by molar-refractivity contribution is 0.442. The summed E-state index contributed by atoms with van der Waals surface area (Å²) in [6.07, 6.45) is 13.4. The summed E-state index contributed by atoms with van der Waals surface area (Å²) in [5.41, 5.74) is 0. The third-order valence-electron chi connectivity index (χ3n) is 3.76. The van der Waals surface area contributed by atoms with E-state index in [1.807, 2.05) is 6.20 Å². The van der Waals surface area contributed by atoms with E-state index in [2.05, 4.69) is 28.0 Å². The van der Waals surface area contributed by atoms with Crippen LogP contribution in [0.15, 0.2) is 12.4 Å². The second kappa shape index (κ2) is 6.80. The van der Waals surface area contributed by atoms with Gasteiger partial charge in [-0.3, -0.25) is 0 Å². The van der Waals surface area contributed by atoms with E-state index in [0.29, 0.717) is 0 Å². The average molecular weight is 235 g/mol.